The molecular weight excluding hydrogens is 192 g/mol. The lowest BCUT2D eigenvalue weighted by Crippen LogP contribution is -2.47. The highest BCUT2D eigenvalue weighted by Crippen LogP contribution is 2.59. The third kappa shape index (κ3) is 1.64. The van der Waals surface area contributed by atoms with Gasteiger partial charge in [0.15, 0.2) is 0 Å². The Morgan fingerprint density at radius 1 is 0.938 bits per heavy atom. The van der Waals surface area contributed by atoms with Gasteiger partial charge in [-0.2, -0.15) is 0 Å². The lowest BCUT2D eigenvalue weighted by molar-refractivity contribution is -0.0616. The van der Waals surface area contributed by atoms with Gasteiger partial charge in [-0.3, -0.25) is 0 Å². The summed E-state index contributed by atoms with van der Waals surface area (Å²) in [5.74, 6) is 4.31. The molecule has 0 amide bonds. The normalized spacial score (nSPS) is 52.9. The van der Waals surface area contributed by atoms with E-state index in [4.69, 9.17) is 0 Å². The van der Waals surface area contributed by atoms with Gasteiger partial charge in [-0.25, -0.2) is 0 Å². The summed E-state index contributed by atoms with van der Waals surface area (Å²) in [5.41, 5.74) is 0.751. The van der Waals surface area contributed by atoms with Crippen molar-refractivity contribution >= 4 is 0 Å². The standard InChI is InChI=1S/C16H28/c1-12-6-9-15-13(11-12)7-8-14-5-3-4-10-16(14,15)2/h12-15H,3-11H2,1-2H3. The summed E-state index contributed by atoms with van der Waals surface area (Å²) in [7, 11) is 0. The molecule has 92 valence electrons. The van der Waals surface area contributed by atoms with Crippen molar-refractivity contribution < 1.29 is 0 Å². The largest absolute Gasteiger partial charge is 0.0625 e. The fourth-order valence-electron chi connectivity index (χ4n) is 5.49. The third-order valence-electron chi connectivity index (χ3n) is 6.43. The van der Waals surface area contributed by atoms with Gasteiger partial charge in [-0.05, 0) is 67.6 Å². The van der Waals surface area contributed by atoms with Crippen LogP contribution in [-0.4, -0.2) is 0 Å². The summed E-state index contributed by atoms with van der Waals surface area (Å²) in [5, 5.41) is 0. The molecule has 0 aliphatic heterocycles. The van der Waals surface area contributed by atoms with Crippen molar-refractivity contribution in [3.8, 4) is 0 Å². The molecule has 16 heavy (non-hydrogen) atoms. The Kier molecular flexibility index (Phi) is 2.80. The summed E-state index contributed by atoms with van der Waals surface area (Å²) < 4.78 is 0. The Bertz CT molecular complexity index is 257. The van der Waals surface area contributed by atoms with Gasteiger partial charge in [0.25, 0.3) is 0 Å². The average Bonchev–Trinajstić information content (AvgIpc) is 2.28. The number of fused-ring (bicyclic) bond motifs is 3. The fraction of sp³-hybridized carbons (Fsp3) is 1.00. The van der Waals surface area contributed by atoms with E-state index < -0.39 is 0 Å². The van der Waals surface area contributed by atoms with E-state index in [2.05, 4.69) is 13.8 Å². The molecule has 0 saturated heterocycles. The molecule has 3 fully saturated rings. The molecule has 0 heteroatoms. The van der Waals surface area contributed by atoms with E-state index in [1.165, 1.54) is 19.3 Å². The molecule has 0 spiro atoms. The molecule has 3 saturated carbocycles. The molecule has 0 N–H and O–H groups in total. The minimum atomic E-state index is 0.751. The number of rotatable bonds is 0. The predicted octanol–water partition coefficient (Wildman–Crippen LogP) is 5.03. The Morgan fingerprint density at radius 3 is 2.69 bits per heavy atom. The molecular formula is C16H28. The maximum Gasteiger partial charge on any atom is -0.0267 e. The first-order chi connectivity index (χ1) is 7.70. The second-order valence-corrected chi connectivity index (χ2v) is 7.31. The maximum absolute atomic E-state index is 2.66. The van der Waals surface area contributed by atoms with Gasteiger partial charge in [0.05, 0.1) is 0 Å². The molecule has 0 radical (unpaired) electrons. The molecule has 3 aliphatic rings. The van der Waals surface area contributed by atoms with Crippen molar-refractivity contribution in [2.75, 3.05) is 0 Å². The molecule has 0 heterocycles. The van der Waals surface area contributed by atoms with Crippen LogP contribution in [0.2, 0.25) is 0 Å². The molecule has 5 unspecified atom stereocenters. The SMILES string of the molecule is CC1CCC2C(CCC3CCCCC32C)C1. The van der Waals surface area contributed by atoms with Crippen LogP contribution in [-0.2, 0) is 0 Å². The Balaban J connectivity index is 1.81. The lowest BCUT2D eigenvalue weighted by Gasteiger charge is -2.56. The summed E-state index contributed by atoms with van der Waals surface area (Å²) in [4.78, 5) is 0. The predicted molar refractivity (Wildman–Crippen MR) is 69.3 cm³/mol. The third-order valence-corrected chi connectivity index (χ3v) is 6.43. The van der Waals surface area contributed by atoms with E-state index in [-0.39, 0.29) is 0 Å². The second kappa shape index (κ2) is 4.03. The highest BCUT2D eigenvalue weighted by molar-refractivity contribution is 4.99. The monoisotopic (exact) mass is 220 g/mol. The van der Waals surface area contributed by atoms with Gasteiger partial charge in [-0.1, -0.05) is 33.1 Å². The Hall–Kier alpha value is 0. The van der Waals surface area contributed by atoms with E-state index >= 15 is 0 Å². The summed E-state index contributed by atoms with van der Waals surface area (Å²) in [6, 6.07) is 0. The number of hydrogen-bond donors (Lipinski definition) is 0. The highest BCUT2D eigenvalue weighted by Gasteiger charge is 2.49. The van der Waals surface area contributed by atoms with Gasteiger partial charge >= 0.3 is 0 Å². The van der Waals surface area contributed by atoms with Gasteiger partial charge < -0.3 is 0 Å². The minimum Gasteiger partial charge on any atom is -0.0625 e. The topological polar surface area (TPSA) is 0 Å². The average molecular weight is 220 g/mol. The van der Waals surface area contributed by atoms with Crippen LogP contribution in [0.15, 0.2) is 0 Å². The number of hydrogen-bond acceptors (Lipinski definition) is 0. The first-order valence-corrected chi connectivity index (χ1v) is 7.70. The van der Waals surface area contributed by atoms with Gasteiger partial charge in [0, 0.05) is 0 Å². The van der Waals surface area contributed by atoms with Crippen LogP contribution in [0.5, 0.6) is 0 Å². The zero-order valence-corrected chi connectivity index (χ0v) is 11.2. The molecule has 0 aromatic heterocycles. The molecule has 0 bridgehead atoms. The van der Waals surface area contributed by atoms with Crippen molar-refractivity contribution in [1.82, 2.24) is 0 Å². The summed E-state index contributed by atoms with van der Waals surface area (Å²) >= 11 is 0. The summed E-state index contributed by atoms with van der Waals surface area (Å²) in [6.45, 7) is 5.13. The minimum absolute atomic E-state index is 0.751. The van der Waals surface area contributed by atoms with Crippen LogP contribution in [0.4, 0.5) is 0 Å². The lowest BCUT2D eigenvalue weighted by atomic mass is 9.49. The Labute approximate surface area is 101 Å². The van der Waals surface area contributed by atoms with Crippen LogP contribution >= 0.6 is 0 Å². The van der Waals surface area contributed by atoms with Crippen molar-refractivity contribution in [3.05, 3.63) is 0 Å². The second-order valence-electron chi connectivity index (χ2n) is 7.31. The van der Waals surface area contributed by atoms with Crippen LogP contribution in [0.1, 0.15) is 71.6 Å². The molecule has 0 aromatic carbocycles. The van der Waals surface area contributed by atoms with Crippen LogP contribution in [0.3, 0.4) is 0 Å². The van der Waals surface area contributed by atoms with E-state index in [9.17, 15) is 0 Å². The van der Waals surface area contributed by atoms with E-state index in [1.54, 1.807) is 38.5 Å². The first-order valence-electron chi connectivity index (χ1n) is 7.70. The van der Waals surface area contributed by atoms with Crippen molar-refractivity contribution in [3.63, 3.8) is 0 Å². The summed E-state index contributed by atoms with van der Waals surface area (Å²) in [6.07, 6.45) is 13.9. The maximum atomic E-state index is 2.66. The van der Waals surface area contributed by atoms with Gasteiger partial charge in [0.1, 0.15) is 0 Å². The quantitative estimate of drug-likeness (QED) is 0.537. The first kappa shape index (κ1) is 11.1. The van der Waals surface area contributed by atoms with Crippen molar-refractivity contribution in [2.45, 2.75) is 71.6 Å². The van der Waals surface area contributed by atoms with Crippen molar-refractivity contribution in [1.29, 1.82) is 0 Å². The molecule has 0 nitrogen and oxygen atoms in total. The fourth-order valence-corrected chi connectivity index (χ4v) is 5.49. The molecule has 3 rings (SSSR count). The van der Waals surface area contributed by atoms with Crippen LogP contribution < -0.4 is 0 Å². The van der Waals surface area contributed by atoms with Gasteiger partial charge in [0.2, 0.25) is 0 Å². The highest BCUT2D eigenvalue weighted by atomic mass is 14.5. The molecule has 3 aliphatic carbocycles. The van der Waals surface area contributed by atoms with E-state index in [1.807, 2.05) is 0 Å². The van der Waals surface area contributed by atoms with E-state index in [0.29, 0.717) is 0 Å². The molecule has 5 atom stereocenters. The van der Waals surface area contributed by atoms with Crippen LogP contribution in [0, 0.1) is 29.1 Å². The zero-order chi connectivity index (χ0) is 11.2. The zero-order valence-electron chi connectivity index (χ0n) is 11.2. The van der Waals surface area contributed by atoms with Gasteiger partial charge in [-0.15, -0.1) is 0 Å². The molecule has 0 aromatic rings. The smallest absolute Gasteiger partial charge is 0.0267 e. The van der Waals surface area contributed by atoms with Crippen molar-refractivity contribution in [2.24, 2.45) is 29.1 Å². The van der Waals surface area contributed by atoms with Crippen LogP contribution in [0.25, 0.3) is 0 Å². The Morgan fingerprint density at radius 2 is 1.81 bits per heavy atom. The van der Waals surface area contributed by atoms with E-state index in [0.717, 1.165) is 29.1 Å².